The third-order valence-electron chi connectivity index (χ3n) is 3.16. The number of nitrogens with zero attached hydrogens (tertiary/aromatic N) is 2. The molecule has 2 aromatic rings. The summed E-state index contributed by atoms with van der Waals surface area (Å²) in [7, 11) is 2.25. The van der Waals surface area contributed by atoms with Gasteiger partial charge in [-0.25, -0.2) is 8.78 Å². The van der Waals surface area contributed by atoms with Crippen molar-refractivity contribution in [1.29, 1.82) is 0 Å². The first kappa shape index (κ1) is 22.0. The predicted octanol–water partition coefficient (Wildman–Crippen LogP) is 2.17. The molecule has 0 heterocycles. The highest BCUT2D eigenvalue weighted by Gasteiger charge is 2.22. The normalized spacial score (nSPS) is 9.71. The van der Waals surface area contributed by atoms with Gasteiger partial charge in [-0.1, -0.05) is 0 Å². The standard InChI is InChI=1S/C8H7FN2O4.C7H7FN2O3/c1-15-7-5(9)2-4(8(10)12)3-6(7)11(13)14;1-13-7-5(8)2-4(9)3-6(7)10(11)12/h2-3H,1H3,(H2,10,12);2-3H,9H2,1H3. The number of methoxy groups -OCH3 is 2. The number of halogens is 2. The first-order valence-corrected chi connectivity index (χ1v) is 7.12. The number of benzene rings is 2. The molecule has 0 aromatic heterocycles. The molecular formula is C15H14F2N4O7. The van der Waals surface area contributed by atoms with E-state index in [0.29, 0.717) is 0 Å². The average molecular weight is 400 g/mol. The van der Waals surface area contributed by atoms with Gasteiger partial charge in [-0.05, 0) is 6.07 Å². The summed E-state index contributed by atoms with van der Waals surface area (Å²) in [6, 6.07) is 3.66. The Labute approximate surface area is 155 Å². The molecule has 0 unspecified atom stereocenters. The summed E-state index contributed by atoms with van der Waals surface area (Å²) in [6.45, 7) is 0. The topological polar surface area (TPSA) is 174 Å². The molecule has 4 N–H and O–H groups in total. The summed E-state index contributed by atoms with van der Waals surface area (Å²) in [4.78, 5) is 30.0. The van der Waals surface area contributed by atoms with E-state index in [2.05, 4.69) is 9.47 Å². The molecule has 0 spiro atoms. The fourth-order valence-electron chi connectivity index (χ4n) is 2.00. The van der Waals surface area contributed by atoms with E-state index in [4.69, 9.17) is 11.5 Å². The molecule has 0 aliphatic rings. The summed E-state index contributed by atoms with van der Waals surface area (Å²) < 4.78 is 35.2. The number of nitrogen functional groups attached to an aromatic ring is 1. The Bertz CT molecular complexity index is 937. The summed E-state index contributed by atoms with van der Waals surface area (Å²) in [6.07, 6.45) is 0. The first-order chi connectivity index (χ1) is 13.0. The van der Waals surface area contributed by atoms with Gasteiger partial charge in [0.2, 0.25) is 17.4 Å². The predicted molar refractivity (Wildman–Crippen MR) is 92.1 cm³/mol. The number of nitro benzene ring substituents is 2. The van der Waals surface area contributed by atoms with Crippen LogP contribution in [0.5, 0.6) is 11.5 Å². The van der Waals surface area contributed by atoms with Gasteiger partial charge < -0.3 is 20.9 Å². The maximum Gasteiger partial charge on any atom is 0.316 e. The van der Waals surface area contributed by atoms with Gasteiger partial charge in [0.1, 0.15) is 0 Å². The molecule has 0 aliphatic carbocycles. The average Bonchev–Trinajstić information content (AvgIpc) is 2.60. The van der Waals surface area contributed by atoms with Crippen LogP contribution >= 0.6 is 0 Å². The number of rotatable bonds is 5. The van der Waals surface area contributed by atoms with Gasteiger partial charge >= 0.3 is 11.4 Å². The van der Waals surface area contributed by atoms with Crippen LogP contribution in [0.1, 0.15) is 10.4 Å². The third-order valence-corrected chi connectivity index (χ3v) is 3.16. The molecule has 2 rings (SSSR count). The summed E-state index contributed by atoms with van der Waals surface area (Å²) >= 11 is 0. The monoisotopic (exact) mass is 400 g/mol. The fourth-order valence-corrected chi connectivity index (χ4v) is 2.00. The Hall–Kier alpha value is -4.03. The minimum Gasteiger partial charge on any atom is -0.488 e. The molecule has 0 bridgehead atoms. The number of nitrogens with two attached hydrogens (primary N) is 2. The van der Waals surface area contributed by atoms with Crippen LogP contribution in [-0.2, 0) is 0 Å². The quantitative estimate of drug-likeness (QED) is 0.436. The number of primary amides is 1. The zero-order chi connectivity index (χ0) is 21.6. The van der Waals surface area contributed by atoms with Crippen LogP contribution < -0.4 is 20.9 Å². The van der Waals surface area contributed by atoms with Crippen molar-refractivity contribution < 1.29 is 32.9 Å². The Morgan fingerprint density at radius 1 is 0.929 bits per heavy atom. The summed E-state index contributed by atoms with van der Waals surface area (Å²) in [5, 5.41) is 20.9. The van der Waals surface area contributed by atoms with Crippen molar-refractivity contribution in [1.82, 2.24) is 0 Å². The van der Waals surface area contributed by atoms with Gasteiger partial charge in [-0.15, -0.1) is 0 Å². The lowest BCUT2D eigenvalue weighted by molar-refractivity contribution is -0.386. The van der Waals surface area contributed by atoms with Crippen molar-refractivity contribution in [3.8, 4) is 11.5 Å². The molecule has 13 heteroatoms. The molecule has 2 aromatic carbocycles. The van der Waals surface area contributed by atoms with Crippen molar-refractivity contribution in [2.75, 3.05) is 20.0 Å². The van der Waals surface area contributed by atoms with Gasteiger partial charge in [0.15, 0.2) is 11.6 Å². The number of hydrogen-bond acceptors (Lipinski definition) is 8. The number of carbonyl (C=O) groups is 1. The molecule has 150 valence electrons. The second-order valence-electron chi connectivity index (χ2n) is 4.94. The molecular weight excluding hydrogens is 386 g/mol. The van der Waals surface area contributed by atoms with E-state index in [-0.39, 0.29) is 11.3 Å². The lowest BCUT2D eigenvalue weighted by Gasteiger charge is -2.04. The van der Waals surface area contributed by atoms with E-state index >= 15 is 0 Å². The highest BCUT2D eigenvalue weighted by atomic mass is 19.1. The Balaban J connectivity index is 0.000000283. The van der Waals surface area contributed by atoms with Crippen LogP contribution in [-0.4, -0.2) is 30.0 Å². The number of carbonyl (C=O) groups excluding carboxylic acids is 1. The van der Waals surface area contributed by atoms with Crippen LogP contribution in [0.15, 0.2) is 24.3 Å². The maximum absolute atomic E-state index is 13.2. The van der Waals surface area contributed by atoms with E-state index in [9.17, 15) is 33.8 Å². The molecule has 0 radical (unpaired) electrons. The first-order valence-electron chi connectivity index (χ1n) is 7.12. The number of nitro groups is 2. The van der Waals surface area contributed by atoms with Crippen LogP contribution in [0.4, 0.5) is 25.8 Å². The van der Waals surface area contributed by atoms with E-state index in [0.717, 1.165) is 38.5 Å². The van der Waals surface area contributed by atoms with Gasteiger partial charge in [0, 0.05) is 29.4 Å². The van der Waals surface area contributed by atoms with Gasteiger partial charge in [-0.3, -0.25) is 25.0 Å². The Kier molecular flexibility index (Phi) is 7.13. The lowest BCUT2D eigenvalue weighted by Crippen LogP contribution is -2.12. The maximum atomic E-state index is 13.2. The van der Waals surface area contributed by atoms with Crippen molar-refractivity contribution in [2.45, 2.75) is 0 Å². The van der Waals surface area contributed by atoms with Gasteiger partial charge in [0.25, 0.3) is 0 Å². The Morgan fingerprint density at radius 3 is 1.75 bits per heavy atom. The van der Waals surface area contributed by atoms with E-state index < -0.39 is 50.3 Å². The van der Waals surface area contributed by atoms with Crippen molar-refractivity contribution >= 4 is 23.0 Å². The SMILES string of the molecule is COc1c(F)cc(C(N)=O)cc1[N+](=O)[O-].COc1c(F)cc(N)cc1[N+](=O)[O-]. The van der Waals surface area contributed by atoms with Gasteiger partial charge in [0.05, 0.1) is 24.1 Å². The Morgan fingerprint density at radius 2 is 1.36 bits per heavy atom. The fraction of sp³-hybridized carbons (Fsp3) is 0.133. The molecule has 0 fully saturated rings. The van der Waals surface area contributed by atoms with E-state index in [1.807, 2.05) is 0 Å². The number of anilines is 1. The smallest absolute Gasteiger partial charge is 0.316 e. The molecule has 1 amide bonds. The molecule has 11 nitrogen and oxygen atoms in total. The van der Waals surface area contributed by atoms with E-state index in [1.54, 1.807) is 0 Å². The zero-order valence-corrected chi connectivity index (χ0v) is 14.5. The lowest BCUT2D eigenvalue weighted by atomic mass is 10.1. The van der Waals surface area contributed by atoms with E-state index in [1.165, 1.54) is 0 Å². The van der Waals surface area contributed by atoms with Crippen molar-refractivity contribution in [2.24, 2.45) is 5.73 Å². The minimum absolute atomic E-state index is 0.00926. The van der Waals surface area contributed by atoms with Crippen LogP contribution in [0.2, 0.25) is 0 Å². The third kappa shape index (κ3) is 5.00. The largest absolute Gasteiger partial charge is 0.488 e. The molecule has 0 saturated heterocycles. The highest BCUT2D eigenvalue weighted by molar-refractivity contribution is 5.93. The van der Waals surface area contributed by atoms with Crippen LogP contribution in [0.25, 0.3) is 0 Å². The number of hydrogen-bond donors (Lipinski definition) is 2. The number of ether oxygens (including phenoxy) is 2. The van der Waals surface area contributed by atoms with Crippen molar-refractivity contribution in [3.63, 3.8) is 0 Å². The molecule has 0 atom stereocenters. The second kappa shape index (κ2) is 9.07. The number of amides is 1. The van der Waals surface area contributed by atoms with Gasteiger partial charge in [-0.2, -0.15) is 0 Å². The van der Waals surface area contributed by atoms with Crippen molar-refractivity contribution in [3.05, 3.63) is 61.7 Å². The summed E-state index contributed by atoms with van der Waals surface area (Å²) in [5.41, 5.74) is 8.70. The summed E-state index contributed by atoms with van der Waals surface area (Å²) in [5.74, 6) is -3.71. The molecule has 28 heavy (non-hydrogen) atoms. The van der Waals surface area contributed by atoms with Crippen LogP contribution in [0, 0.1) is 31.9 Å². The second-order valence-corrected chi connectivity index (χ2v) is 4.94. The molecule has 0 saturated carbocycles. The highest BCUT2D eigenvalue weighted by Crippen LogP contribution is 2.32. The zero-order valence-electron chi connectivity index (χ0n) is 14.5. The van der Waals surface area contributed by atoms with Crippen LogP contribution in [0.3, 0.4) is 0 Å². The minimum atomic E-state index is -1.000. The molecule has 0 aliphatic heterocycles.